The Bertz CT molecular complexity index is 763. The molecule has 0 aromatic heterocycles. The molecular weight excluding hydrogens is 272 g/mol. The van der Waals surface area contributed by atoms with Gasteiger partial charge in [-0.3, -0.25) is 4.79 Å². The van der Waals surface area contributed by atoms with Gasteiger partial charge in [0.25, 0.3) is 0 Å². The Morgan fingerprint density at radius 3 is 2.27 bits per heavy atom. The van der Waals surface area contributed by atoms with Gasteiger partial charge in [0, 0.05) is 5.56 Å². The zero-order valence-corrected chi connectivity index (χ0v) is 12.1. The summed E-state index contributed by atoms with van der Waals surface area (Å²) in [5, 5.41) is 0. The maximum Gasteiger partial charge on any atom is 0.150 e. The fourth-order valence-electron chi connectivity index (χ4n) is 2.30. The van der Waals surface area contributed by atoms with Crippen molar-refractivity contribution in [3.8, 4) is 16.9 Å². The summed E-state index contributed by atoms with van der Waals surface area (Å²) in [6, 6.07) is 25.5. The molecule has 0 saturated carbocycles. The van der Waals surface area contributed by atoms with Gasteiger partial charge in [0.05, 0.1) is 0 Å². The van der Waals surface area contributed by atoms with Gasteiger partial charge in [0.2, 0.25) is 0 Å². The first kappa shape index (κ1) is 14.1. The Balaban J connectivity index is 1.78. The van der Waals surface area contributed by atoms with Crippen LogP contribution in [0.25, 0.3) is 11.1 Å². The van der Waals surface area contributed by atoms with Crippen LogP contribution in [0.1, 0.15) is 15.9 Å². The molecule has 0 fully saturated rings. The highest BCUT2D eigenvalue weighted by Crippen LogP contribution is 2.25. The highest BCUT2D eigenvalue weighted by molar-refractivity contribution is 5.79. The monoisotopic (exact) mass is 288 g/mol. The van der Waals surface area contributed by atoms with Crippen LogP contribution in [0.3, 0.4) is 0 Å². The molecule has 0 aliphatic heterocycles. The Hall–Kier alpha value is -2.87. The molecule has 2 nitrogen and oxygen atoms in total. The third-order valence-electron chi connectivity index (χ3n) is 3.44. The Morgan fingerprint density at radius 2 is 1.50 bits per heavy atom. The van der Waals surface area contributed by atoms with E-state index in [-0.39, 0.29) is 0 Å². The molecule has 3 aromatic rings. The summed E-state index contributed by atoms with van der Waals surface area (Å²) >= 11 is 0. The van der Waals surface area contributed by atoms with E-state index in [2.05, 4.69) is 0 Å². The summed E-state index contributed by atoms with van der Waals surface area (Å²) in [7, 11) is 0. The third-order valence-corrected chi connectivity index (χ3v) is 3.44. The van der Waals surface area contributed by atoms with Crippen molar-refractivity contribution in [1.82, 2.24) is 0 Å². The van der Waals surface area contributed by atoms with E-state index in [1.807, 2.05) is 72.8 Å². The minimum atomic E-state index is 0.540. The minimum Gasteiger partial charge on any atom is -0.489 e. The van der Waals surface area contributed by atoms with Crippen LogP contribution in [0.2, 0.25) is 0 Å². The van der Waals surface area contributed by atoms with Gasteiger partial charge in [-0.2, -0.15) is 0 Å². The molecule has 0 bridgehead atoms. The van der Waals surface area contributed by atoms with E-state index < -0.39 is 0 Å². The molecule has 0 aliphatic carbocycles. The van der Waals surface area contributed by atoms with Gasteiger partial charge in [0.15, 0.2) is 0 Å². The van der Waals surface area contributed by atoms with Crippen molar-refractivity contribution >= 4 is 6.29 Å². The van der Waals surface area contributed by atoms with Crippen molar-refractivity contribution in [2.45, 2.75) is 6.61 Å². The molecule has 22 heavy (non-hydrogen) atoms. The molecule has 0 aliphatic rings. The number of hydrogen-bond donors (Lipinski definition) is 0. The minimum absolute atomic E-state index is 0.540. The lowest BCUT2D eigenvalue weighted by Gasteiger charge is -2.09. The lowest BCUT2D eigenvalue weighted by Crippen LogP contribution is -1.95. The van der Waals surface area contributed by atoms with Gasteiger partial charge in [-0.15, -0.1) is 0 Å². The summed E-state index contributed by atoms with van der Waals surface area (Å²) in [4.78, 5) is 10.9. The molecule has 3 aromatic carbocycles. The van der Waals surface area contributed by atoms with Crippen molar-refractivity contribution < 1.29 is 9.53 Å². The lowest BCUT2D eigenvalue weighted by atomic mass is 10.0. The van der Waals surface area contributed by atoms with E-state index in [9.17, 15) is 4.79 Å². The van der Waals surface area contributed by atoms with Gasteiger partial charge >= 0.3 is 0 Å². The molecule has 0 amide bonds. The average molecular weight is 288 g/mol. The Morgan fingerprint density at radius 1 is 0.773 bits per heavy atom. The second-order valence-corrected chi connectivity index (χ2v) is 5.05. The smallest absolute Gasteiger partial charge is 0.150 e. The fraction of sp³-hybridized carbons (Fsp3) is 0.0500. The summed E-state index contributed by atoms with van der Waals surface area (Å²) in [5.41, 5.74) is 3.85. The third kappa shape index (κ3) is 3.41. The van der Waals surface area contributed by atoms with Crippen LogP contribution in [-0.2, 0) is 6.61 Å². The van der Waals surface area contributed by atoms with E-state index >= 15 is 0 Å². The van der Waals surface area contributed by atoms with Crippen molar-refractivity contribution in [2.24, 2.45) is 0 Å². The molecule has 3 rings (SSSR count). The maximum absolute atomic E-state index is 10.9. The van der Waals surface area contributed by atoms with Crippen LogP contribution in [-0.4, -0.2) is 6.29 Å². The Labute approximate surface area is 130 Å². The highest BCUT2D eigenvalue weighted by atomic mass is 16.5. The molecule has 108 valence electrons. The first-order chi connectivity index (χ1) is 10.8. The average Bonchev–Trinajstić information content (AvgIpc) is 2.61. The standard InChI is InChI=1S/C20H16O2/c21-14-17-8-4-9-18(12-17)19-10-5-11-20(13-19)22-15-16-6-2-1-3-7-16/h1-14H,15H2. The van der Waals surface area contributed by atoms with Gasteiger partial charge in [-0.1, -0.05) is 60.7 Å². The quantitative estimate of drug-likeness (QED) is 0.634. The predicted molar refractivity (Wildman–Crippen MR) is 88.0 cm³/mol. The second-order valence-electron chi connectivity index (χ2n) is 5.05. The van der Waals surface area contributed by atoms with E-state index in [1.54, 1.807) is 6.07 Å². The number of aldehydes is 1. The second kappa shape index (κ2) is 6.72. The Kier molecular flexibility index (Phi) is 4.30. The van der Waals surface area contributed by atoms with Crippen molar-refractivity contribution in [3.63, 3.8) is 0 Å². The number of ether oxygens (including phenoxy) is 1. The lowest BCUT2D eigenvalue weighted by molar-refractivity contribution is 0.112. The van der Waals surface area contributed by atoms with Crippen LogP contribution in [0, 0.1) is 0 Å². The molecule has 0 radical (unpaired) electrons. The fourth-order valence-corrected chi connectivity index (χ4v) is 2.30. The number of benzene rings is 3. The number of rotatable bonds is 5. The normalized spacial score (nSPS) is 10.2. The van der Waals surface area contributed by atoms with E-state index in [0.29, 0.717) is 12.2 Å². The zero-order chi connectivity index (χ0) is 15.2. The molecular formula is C20H16O2. The van der Waals surface area contributed by atoms with Gasteiger partial charge in [0.1, 0.15) is 18.6 Å². The van der Waals surface area contributed by atoms with Crippen LogP contribution in [0.15, 0.2) is 78.9 Å². The van der Waals surface area contributed by atoms with E-state index in [4.69, 9.17) is 4.74 Å². The van der Waals surface area contributed by atoms with Crippen LogP contribution in [0.4, 0.5) is 0 Å². The van der Waals surface area contributed by atoms with Crippen molar-refractivity contribution in [2.75, 3.05) is 0 Å². The molecule has 0 saturated heterocycles. The molecule has 0 heterocycles. The van der Waals surface area contributed by atoms with Gasteiger partial charge < -0.3 is 4.74 Å². The molecule has 2 heteroatoms. The first-order valence-corrected chi connectivity index (χ1v) is 7.17. The first-order valence-electron chi connectivity index (χ1n) is 7.17. The molecule has 0 unspecified atom stereocenters. The van der Waals surface area contributed by atoms with Crippen LogP contribution < -0.4 is 4.74 Å². The SMILES string of the molecule is O=Cc1cccc(-c2cccc(OCc3ccccc3)c2)c1. The molecule has 0 N–H and O–H groups in total. The molecule has 0 spiro atoms. The van der Waals surface area contributed by atoms with E-state index in [0.717, 1.165) is 28.7 Å². The molecule has 0 atom stereocenters. The predicted octanol–water partition coefficient (Wildman–Crippen LogP) is 4.75. The summed E-state index contributed by atoms with van der Waals surface area (Å²) in [5.74, 6) is 0.817. The summed E-state index contributed by atoms with van der Waals surface area (Å²) in [6.07, 6.45) is 0.860. The summed E-state index contributed by atoms with van der Waals surface area (Å²) in [6.45, 7) is 0.540. The summed E-state index contributed by atoms with van der Waals surface area (Å²) < 4.78 is 5.84. The topological polar surface area (TPSA) is 26.3 Å². The maximum atomic E-state index is 10.9. The largest absolute Gasteiger partial charge is 0.489 e. The van der Waals surface area contributed by atoms with Crippen molar-refractivity contribution in [1.29, 1.82) is 0 Å². The van der Waals surface area contributed by atoms with Crippen LogP contribution in [0.5, 0.6) is 5.75 Å². The van der Waals surface area contributed by atoms with Crippen LogP contribution >= 0.6 is 0 Å². The van der Waals surface area contributed by atoms with Gasteiger partial charge in [-0.05, 0) is 34.9 Å². The highest BCUT2D eigenvalue weighted by Gasteiger charge is 2.02. The number of carbonyl (C=O) groups excluding carboxylic acids is 1. The number of carbonyl (C=O) groups is 1. The van der Waals surface area contributed by atoms with Crippen molar-refractivity contribution in [3.05, 3.63) is 90.0 Å². The van der Waals surface area contributed by atoms with Gasteiger partial charge in [-0.25, -0.2) is 0 Å². The van der Waals surface area contributed by atoms with E-state index in [1.165, 1.54) is 0 Å². The number of hydrogen-bond acceptors (Lipinski definition) is 2. The zero-order valence-electron chi connectivity index (χ0n) is 12.1.